The first-order valence-electron chi connectivity index (χ1n) is 3.63. The van der Waals surface area contributed by atoms with Gasteiger partial charge in [0.1, 0.15) is 0 Å². The smallest absolute Gasteiger partial charge is 0.159 e. The molecule has 0 aromatic rings. The number of aliphatic hydroxyl groups is 1. The van der Waals surface area contributed by atoms with E-state index in [1.165, 1.54) is 6.08 Å². The van der Waals surface area contributed by atoms with E-state index in [0.717, 1.165) is 6.42 Å². The zero-order valence-electron chi connectivity index (χ0n) is 6.55. The minimum atomic E-state index is 0.0156. The van der Waals surface area contributed by atoms with Crippen molar-refractivity contribution >= 4 is 5.78 Å². The molecule has 0 heterocycles. The molecule has 0 saturated heterocycles. The zero-order chi connectivity index (χ0) is 7.98. The number of carbonyl (C=O) groups is 1. The molecule has 0 spiro atoms. The van der Waals surface area contributed by atoms with Crippen LogP contribution in [0.5, 0.6) is 0 Å². The summed E-state index contributed by atoms with van der Waals surface area (Å²) in [6.07, 6.45) is 3.22. The van der Waals surface area contributed by atoms with E-state index in [1.807, 2.05) is 13.8 Å². The van der Waals surface area contributed by atoms with Crippen LogP contribution in [0.3, 0.4) is 0 Å². The van der Waals surface area contributed by atoms with Gasteiger partial charge in [-0.25, -0.2) is 0 Å². The first-order valence-corrected chi connectivity index (χ1v) is 3.63. The molecule has 10 heavy (non-hydrogen) atoms. The Hall–Kier alpha value is -0.790. The molecule has 2 heteroatoms. The maximum absolute atomic E-state index is 10.8. The number of carbonyl (C=O) groups excluding carboxylic acids is 1. The minimum absolute atomic E-state index is 0.0156. The number of hydrogen-bond donors (Lipinski definition) is 1. The first kappa shape index (κ1) is 9.21. The Balaban J connectivity index is 3.75. The summed E-state index contributed by atoms with van der Waals surface area (Å²) >= 11 is 0. The van der Waals surface area contributed by atoms with E-state index < -0.39 is 0 Å². The monoisotopic (exact) mass is 142 g/mol. The van der Waals surface area contributed by atoms with Gasteiger partial charge in [-0.3, -0.25) is 4.79 Å². The normalized spacial score (nSPS) is 11.6. The van der Waals surface area contributed by atoms with Crippen LogP contribution in [-0.2, 0) is 4.79 Å². The van der Waals surface area contributed by atoms with E-state index in [0.29, 0.717) is 12.8 Å². The van der Waals surface area contributed by atoms with Crippen molar-refractivity contribution in [1.82, 2.24) is 0 Å². The third-order valence-corrected chi connectivity index (χ3v) is 1.19. The molecule has 58 valence electrons. The van der Waals surface area contributed by atoms with E-state index in [9.17, 15) is 4.79 Å². The molecule has 0 aliphatic carbocycles. The highest BCUT2D eigenvalue weighted by molar-refractivity contribution is 5.89. The first-order chi connectivity index (χ1) is 4.70. The van der Waals surface area contributed by atoms with Crippen molar-refractivity contribution in [2.24, 2.45) is 0 Å². The molecule has 0 aromatic carbocycles. The second kappa shape index (κ2) is 5.03. The average Bonchev–Trinajstić information content (AvgIpc) is 1.88. The second-order valence-electron chi connectivity index (χ2n) is 2.21. The third-order valence-electron chi connectivity index (χ3n) is 1.19. The Bertz CT molecular complexity index is 136. The molecule has 0 aromatic heterocycles. The fraction of sp³-hybridized carbons (Fsp3) is 0.625. The van der Waals surface area contributed by atoms with Gasteiger partial charge in [0.15, 0.2) is 5.78 Å². The molecule has 1 N–H and O–H groups in total. The van der Waals surface area contributed by atoms with Gasteiger partial charge in [-0.1, -0.05) is 13.8 Å². The van der Waals surface area contributed by atoms with Crippen LogP contribution >= 0.6 is 0 Å². The lowest BCUT2D eigenvalue weighted by atomic mass is 10.2. The van der Waals surface area contributed by atoms with Crippen molar-refractivity contribution in [2.75, 3.05) is 0 Å². The van der Waals surface area contributed by atoms with Gasteiger partial charge < -0.3 is 5.11 Å². The van der Waals surface area contributed by atoms with Gasteiger partial charge in [0.05, 0.1) is 5.76 Å². The molecule has 0 atom stereocenters. The number of ketones is 1. The van der Waals surface area contributed by atoms with Crippen LogP contribution in [0, 0.1) is 0 Å². The van der Waals surface area contributed by atoms with Gasteiger partial charge >= 0.3 is 0 Å². The van der Waals surface area contributed by atoms with Gasteiger partial charge in [0, 0.05) is 18.9 Å². The fourth-order valence-corrected chi connectivity index (χ4v) is 0.606. The summed E-state index contributed by atoms with van der Waals surface area (Å²) in [6, 6.07) is 0. The van der Waals surface area contributed by atoms with Crippen LogP contribution < -0.4 is 0 Å². The maximum atomic E-state index is 10.8. The number of allylic oxidation sites excluding steroid dienone is 2. The summed E-state index contributed by atoms with van der Waals surface area (Å²) in [7, 11) is 0. The number of aliphatic hydroxyl groups excluding tert-OH is 1. The molecule has 2 nitrogen and oxygen atoms in total. The van der Waals surface area contributed by atoms with Crippen LogP contribution in [0.2, 0.25) is 0 Å². The van der Waals surface area contributed by atoms with Gasteiger partial charge in [-0.05, 0) is 6.42 Å². The summed E-state index contributed by atoms with van der Waals surface area (Å²) in [6.45, 7) is 3.75. The van der Waals surface area contributed by atoms with Crippen molar-refractivity contribution in [1.29, 1.82) is 0 Å². The predicted octanol–water partition coefficient (Wildman–Crippen LogP) is 2.21. The Morgan fingerprint density at radius 2 is 2.10 bits per heavy atom. The van der Waals surface area contributed by atoms with Gasteiger partial charge in [0.2, 0.25) is 0 Å². The van der Waals surface area contributed by atoms with Crippen molar-refractivity contribution in [3.8, 4) is 0 Å². The topological polar surface area (TPSA) is 37.3 Å². The second-order valence-corrected chi connectivity index (χ2v) is 2.21. The quantitative estimate of drug-likeness (QED) is 0.482. The van der Waals surface area contributed by atoms with E-state index in [1.54, 1.807) is 0 Å². The van der Waals surface area contributed by atoms with E-state index >= 15 is 0 Å². The van der Waals surface area contributed by atoms with Crippen molar-refractivity contribution in [2.45, 2.75) is 33.1 Å². The maximum Gasteiger partial charge on any atom is 0.159 e. The summed E-state index contributed by atoms with van der Waals surface area (Å²) in [5.41, 5.74) is 0. The summed E-state index contributed by atoms with van der Waals surface area (Å²) in [4.78, 5) is 10.8. The molecule has 0 saturated carbocycles. The van der Waals surface area contributed by atoms with Crippen LogP contribution in [0.25, 0.3) is 0 Å². The SMILES string of the molecule is CCCC(=O)C=C(O)CC. The molecular formula is C8H14O2. The molecule has 0 aliphatic rings. The van der Waals surface area contributed by atoms with E-state index in [-0.39, 0.29) is 11.5 Å². The van der Waals surface area contributed by atoms with Crippen molar-refractivity contribution in [3.05, 3.63) is 11.8 Å². The Morgan fingerprint density at radius 1 is 1.50 bits per heavy atom. The molecule has 0 fully saturated rings. The average molecular weight is 142 g/mol. The highest BCUT2D eigenvalue weighted by Crippen LogP contribution is 1.97. The lowest BCUT2D eigenvalue weighted by Gasteiger charge is -1.92. The van der Waals surface area contributed by atoms with Gasteiger partial charge in [-0.15, -0.1) is 0 Å². The van der Waals surface area contributed by atoms with E-state index in [4.69, 9.17) is 5.11 Å². The summed E-state index contributed by atoms with van der Waals surface area (Å²) < 4.78 is 0. The third kappa shape index (κ3) is 4.13. The van der Waals surface area contributed by atoms with Crippen LogP contribution in [-0.4, -0.2) is 10.9 Å². The van der Waals surface area contributed by atoms with E-state index in [2.05, 4.69) is 0 Å². The summed E-state index contributed by atoms with van der Waals surface area (Å²) in [5.74, 6) is 0.195. The predicted molar refractivity (Wildman–Crippen MR) is 40.9 cm³/mol. The summed E-state index contributed by atoms with van der Waals surface area (Å²) in [5, 5.41) is 8.90. The lowest BCUT2D eigenvalue weighted by molar-refractivity contribution is -0.114. The van der Waals surface area contributed by atoms with Crippen molar-refractivity contribution in [3.63, 3.8) is 0 Å². The largest absolute Gasteiger partial charge is 0.512 e. The van der Waals surface area contributed by atoms with Gasteiger partial charge in [0.25, 0.3) is 0 Å². The molecule has 0 radical (unpaired) electrons. The standard InChI is InChI=1S/C8H14O2/c1-3-5-8(10)6-7(9)4-2/h6,9H,3-5H2,1-2H3. The van der Waals surface area contributed by atoms with Crippen LogP contribution in [0.4, 0.5) is 0 Å². The molecule has 0 aliphatic heterocycles. The Labute approximate surface area is 61.6 Å². The Morgan fingerprint density at radius 3 is 2.50 bits per heavy atom. The van der Waals surface area contributed by atoms with Crippen LogP contribution in [0.15, 0.2) is 11.8 Å². The molecule has 0 unspecified atom stereocenters. The zero-order valence-corrected chi connectivity index (χ0v) is 6.55. The molecule has 0 amide bonds. The lowest BCUT2D eigenvalue weighted by Crippen LogP contribution is -1.93. The highest BCUT2D eigenvalue weighted by Gasteiger charge is 1.96. The minimum Gasteiger partial charge on any atom is -0.512 e. The highest BCUT2D eigenvalue weighted by atomic mass is 16.3. The molecular weight excluding hydrogens is 128 g/mol. The van der Waals surface area contributed by atoms with Gasteiger partial charge in [-0.2, -0.15) is 0 Å². The van der Waals surface area contributed by atoms with Crippen molar-refractivity contribution < 1.29 is 9.90 Å². The fourth-order valence-electron chi connectivity index (χ4n) is 0.606. The number of hydrogen-bond acceptors (Lipinski definition) is 2. The molecule has 0 bridgehead atoms. The molecule has 0 rings (SSSR count). The van der Waals surface area contributed by atoms with Crippen LogP contribution in [0.1, 0.15) is 33.1 Å². The number of rotatable bonds is 4. The Kier molecular flexibility index (Phi) is 4.63.